The van der Waals surface area contributed by atoms with E-state index < -0.39 is 6.17 Å². The van der Waals surface area contributed by atoms with E-state index in [1.54, 1.807) is 12.1 Å². The molecule has 1 aliphatic rings. The molecule has 74 valence electrons. The fourth-order valence-corrected chi connectivity index (χ4v) is 1.28. The number of pyridine rings is 1. The van der Waals surface area contributed by atoms with Crippen molar-refractivity contribution in [2.24, 2.45) is 0 Å². The average Bonchev–Trinajstić information content (AvgIpc) is 2.13. The third-order valence-corrected chi connectivity index (χ3v) is 2.13. The van der Waals surface area contributed by atoms with Crippen LogP contribution < -0.4 is 5.73 Å². The Bertz CT molecular complexity index is 346. The molecule has 0 unspecified atom stereocenters. The molecule has 0 atom stereocenters. The Balaban J connectivity index is 2.08. The van der Waals surface area contributed by atoms with Crippen molar-refractivity contribution < 1.29 is 9.18 Å². The zero-order chi connectivity index (χ0) is 10.1. The third-order valence-electron chi connectivity index (χ3n) is 2.13. The van der Waals surface area contributed by atoms with Gasteiger partial charge in [-0.2, -0.15) is 0 Å². The molecule has 2 heterocycles. The molecule has 14 heavy (non-hydrogen) atoms. The molecule has 5 heteroatoms. The first-order valence-corrected chi connectivity index (χ1v) is 4.31. The minimum atomic E-state index is -0.882. The van der Waals surface area contributed by atoms with Gasteiger partial charge < -0.3 is 10.6 Å². The molecule has 1 aromatic rings. The first-order valence-electron chi connectivity index (χ1n) is 4.31. The van der Waals surface area contributed by atoms with Gasteiger partial charge >= 0.3 is 0 Å². The van der Waals surface area contributed by atoms with E-state index in [-0.39, 0.29) is 19.0 Å². The fraction of sp³-hybridized carbons (Fsp3) is 0.333. The zero-order valence-corrected chi connectivity index (χ0v) is 7.48. The number of amides is 1. The number of carbonyl (C=O) groups is 1. The standard InChI is InChI=1S/C9H10FN3O/c10-6-4-13(5-6)9(14)8-2-1-7(11)3-12-8/h1-3,6H,4-5,11H2. The molecule has 0 saturated carbocycles. The van der Waals surface area contributed by atoms with Gasteiger partial charge in [-0.15, -0.1) is 0 Å². The van der Waals surface area contributed by atoms with Crippen molar-refractivity contribution in [3.8, 4) is 0 Å². The number of alkyl halides is 1. The summed E-state index contributed by atoms with van der Waals surface area (Å²) in [4.78, 5) is 16.8. The summed E-state index contributed by atoms with van der Waals surface area (Å²) in [6, 6.07) is 3.15. The lowest BCUT2D eigenvalue weighted by Gasteiger charge is -2.33. The Morgan fingerprint density at radius 2 is 2.29 bits per heavy atom. The van der Waals surface area contributed by atoms with Crippen molar-refractivity contribution in [3.05, 3.63) is 24.0 Å². The summed E-state index contributed by atoms with van der Waals surface area (Å²) in [5.74, 6) is -0.237. The van der Waals surface area contributed by atoms with Gasteiger partial charge in [-0.05, 0) is 12.1 Å². The number of nitrogens with two attached hydrogens (primary N) is 1. The predicted octanol–water partition coefficient (Wildman–Crippen LogP) is 0.458. The van der Waals surface area contributed by atoms with Crippen molar-refractivity contribution in [2.75, 3.05) is 18.8 Å². The highest BCUT2D eigenvalue weighted by molar-refractivity contribution is 5.93. The number of hydrogen-bond donors (Lipinski definition) is 1. The van der Waals surface area contributed by atoms with Gasteiger partial charge in [-0.25, -0.2) is 9.37 Å². The number of aromatic nitrogens is 1. The van der Waals surface area contributed by atoms with E-state index in [9.17, 15) is 9.18 Å². The molecule has 1 fully saturated rings. The van der Waals surface area contributed by atoms with Gasteiger partial charge in [-0.1, -0.05) is 0 Å². The van der Waals surface area contributed by atoms with Gasteiger partial charge in [0.2, 0.25) is 0 Å². The van der Waals surface area contributed by atoms with E-state index in [0.29, 0.717) is 11.4 Å². The van der Waals surface area contributed by atoms with Gasteiger partial charge in [0.05, 0.1) is 25.0 Å². The highest BCUT2D eigenvalue weighted by Crippen LogP contribution is 2.14. The smallest absolute Gasteiger partial charge is 0.272 e. The summed E-state index contributed by atoms with van der Waals surface area (Å²) < 4.78 is 12.5. The van der Waals surface area contributed by atoms with Crippen molar-refractivity contribution in [2.45, 2.75) is 6.17 Å². The zero-order valence-electron chi connectivity index (χ0n) is 7.48. The molecule has 0 spiro atoms. The number of nitrogens with zero attached hydrogens (tertiary/aromatic N) is 2. The summed E-state index contributed by atoms with van der Waals surface area (Å²) in [6.45, 7) is 0.343. The van der Waals surface area contributed by atoms with Crippen molar-refractivity contribution in [1.82, 2.24) is 9.88 Å². The van der Waals surface area contributed by atoms with Crippen LogP contribution in [0.25, 0.3) is 0 Å². The predicted molar refractivity (Wildman–Crippen MR) is 49.4 cm³/mol. The molecule has 0 aromatic carbocycles. The SMILES string of the molecule is Nc1ccc(C(=O)N2CC(F)C2)nc1. The number of carbonyl (C=O) groups excluding carboxylic acids is 1. The third kappa shape index (κ3) is 1.53. The van der Waals surface area contributed by atoms with Crippen LogP contribution in [0, 0.1) is 0 Å². The van der Waals surface area contributed by atoms with E-state index in [1.807, 2.05) is 0 Å². The molecule has 4 nitrogen and oxygen atoms in total. The summed E-state index contributed by atoms with van der Waals surface area (Å²) in [7, 11) is 0. The second kappa shape index (κ2) is 3.25. The van der Waals surface area contributed by atoms with E-state index in [0.717, 1.165) is 0 Å². The topological polar surface area (TPSA) is 59.2 Å². The van der Waals surface area contributed by atoms with E-state index >= 15 is 0 Å². The average molecular weight is 195 g/mol. The Kier molecular flexibility index (Phi) is 2.07. The number of hydrogen-bond acceptors (Lipinski definition) is 3. The number of halogens is 1. The summed E-state index contributed by atoms with van der Waals surface area (Å²) in [6.07, 6.45) is 0.535. The van der Waals surface area contributed by atoms with Crippen molar-refractivity contribution >= 4 is 11.6 Å². The van der Waals surface area contributed by atoms with Crippen LogP contribution in [0.3, 0.4) is 0 Å². The first-order chi connectivity index (χ1) is 6.66. The number of rotatable bonds is 1. The van der Waals surface area contributed by atoms with Crippen LogP contribution in [0.5, 0.6) is 0 Å². The molecule has 1 amide bonds. The van der Waals surface area contributed by atoms with Gasteiger partial charge in [0.15, 0.2) is 0 Å². The highest BCUT2D eigenvalue weighted by Gasteiger charge is 2.31. The molecule has 1 saturated heterocycles. The van der Waals surface area contributed by atoms with Crippen LogP contribution in [-0.4, -0.2) is 35.1 Å². The van der Waals surface area contributed by atoms with E-state index in [2.05, 4.69) is 4.98 Å². The second-order valence-electron chi connectivity index (χ2n) is 3.28. The van der Waals surface area contributed by atoms with Crippen LogP contribution in [-0.2, 0) is 0 Å². The lowest BCUT2D eigenvalue weighted by molar-refractivity contribution is 0.0394. The van der Waals surface area contributed by atoms with Gasteiger partial charge in [0, 0.05) is 0 Å². The maximum atomic E-state index is 12.5. The van der Waals surface area contributed by atoms with Gasteiger partial charge in [0.25, 0.3) is 5.91 Å². The van der Waals surface area contributed by atoms with Crippen LogP contribution >= 0.6 is 0 Å². The van der Waals surface area contributed by atoms with E-state index in [1.165, 1.54) is 11.1 Å². The first kappa shape index (κ1) is 8.93. The molecule has 2 N–H and O–H groups in total. The van der Waals surface area contributed by atoms with Crippen molar-refractivity contribution in [3.63, 3.8) is 0 Å². The lowest BCUT2D eigenvalue weighted by Crippen LogP contribution is -2.51. The molecule has 2 rings (SSSR count). The maximum absolute atomic E-state index is 12.5. The minimum Gasteiger partial charge on any atom is -0.397 e. The highest BCUT2D eigenvalue weighted by atomic mass is 19.1. The van der Waals surface area contributed by atoms with Crippen LogP contribution in [0.4, 0.5) is 10.1 Å². The van der Waals surface area contributed by atoms with Crippen molar-refractivity contribution in [1.29, 1.82) is 0 Å². The summed E-state index contributed by atoms with van der Waals surface area (Å²) >= 11 is 0. The fourth-order valence-electron chi connectivity index (χ4n) is 1.28. The number of likely N-dealkylation sites (tertiary alicyclic amines) is 1. The summed E-state index contributed by atoms with van der Waals surface area (Å²) in [5.41, 5.74) is 6.24. The summed E-state index contributed by atoms with van der Waals surface area (Å²) in [5, 5.41) is 0. The minimum absolute atomic E-state index is 0.172. The van der Waals surface area contributed by atoms with Crippen LogP contribution in [0.1, 0.15) is 10.5 Å². The normalized spacial score (nSPS) is 16.5. The van der Waals surface area contributed by atoms with Gasteiger partial charge in [-0.3, -0.25) is 4.79 Å². The Morgan fingerprint density at radius 3 is 2.79 bits per heavy atom. The number of nitrogen functional groups attached to an aromatic ring is 1. The molecule has 0 radical (unpaired) electrons. The quantitative estimate of drug-likeness (QED) is 0.708. The number of anilines is 1. The Morgan fingerprint density at radius 1 is 1.57 bits per heavy atom. The molecule has 1 aromatic heterocycles. The maximum Gasteiger partial charge on any atom is 0.272 e. The molecule has 0 aliphatic carbocycles. The molecule has 1 aliphatic heterocycles. The monoisotopic (exact) mass is 195 g/mol. The largest absolute Gasteiger partial charge is 0.397 e. The van der Waals surface area contributed by atoms with Crippen LogP contribution in [0.15, 0.2) is 18.3 Å². The molecule has 0 bridgehead atoms. The second-order valence-corrected chi connectivity index (χ2v) is 3.28. The van der Waals surface area contributed by atoms with Crippen LogP contribution in [0.2, 0.25) is 0 Å². The van der Waals surface area contributed by atoms with E-state index in [4.69, 9.17) is 5.73 Å². The molecular formula is C9H10FN3O. The van der Waals surface area contributed by atoms with Gasteiger partial charge in [0.1, 0.15) is 11.9 Å². The Labute approximate surface area is 80.5 Å². The Hall–Kier alpha value is -1.65. The lowest BCUT2D eigenvalue weighted by atomic mass is 10.1. The molecular weight excluding hydrogens is 185 g/mol.